The van der Waals surface area contributed by atoms with Gasteiger partial charge in [0.25, 0.3) is 0 Å². The Bertz CT molecular complexity index is 442. The van der Waals surface area contributed by atoms with Crippen molar-refractivity contribution in [2.24, 2.45) is 0 Å². The van der Waals surface area contributed by atoms with Crippen LogP contribution in [-0.4, -0.2) is 29.4 Å². The van der Waals surface area contributed by atoms with Crippen molar-refractivity contribution in [1.29, 1.82) is 0 Å². The van der Waals surface area contributed by atoms with Crippen molar-refractivity contribution in [1.82, 2.24) is 0 Å². The van der Waals surface area contributed by atoms with Gasteiger partial charge in [-0.15, -0.1) is 0 Å². The van der Waals surface area contributed by atoms with Gasteiger partial charge < -0.3 is 9.66 Å². The normalized spacial score (nSPS) is 13.7. The van der Waals surface area contributed by atoms with E-state index in [2.05, 4.69) is 13.8 Å². The first-order chi connectivity index (χ1) is 13.9. The molecule has 0 aromatic carbocycles. The minimum Gasteiger partial charge on any atom is -0.748 e. The van der Waals surface area contributed by atoms with Crippen LogP contribution in [0.1, 0.15) is 142 Å². The van der Waals surface area contributed by atoms with Crippen molar-refractivity contribution in [2.45, 2.75) is 154 Å². The molecule has 6 heteroatoms. The fourth-order valence-corrected chi connectivity index (χ4v) is 4.91. The quantitative estimate of drug-likeness (QED) is 0.151. The molecule has 176 valence electrons. The van der Waals surface area contributed by atoms with Gasteiger partial charge in [0.1, 0.15) is 0 Å². The first-order valence-corrected chi connectivity index (χ1v) is 14.0. The summed E-state index contributed by atoms with van der Waals surface area (Å²) in [7, 11) is -4.16. The monoisotopic (exact) mass is 456 g/mol. The van der Waals surface area contributed by atoms with Gasteiger partial charge in [-0.1, -0.05) is 117 Å². The van der Waals surface area contributed by atoms with E-state index in [9.17, 15) is 18.1 Å². The van der Waals surface area contributed by atoms with Crippen LogP contribution in [0, 0.1) is 0 Å². The largest absolute Gasteiger partial charge is 1.00 e. The van der Waals surface area contributed by atoms with Crippen LogP contribution in [0.2, 0.25) is 0 Å². The molecular formula is C24H49NaO4S. The Labute approximate surface area is 210 Å². The molecular weight excluding hydrogens is 407 g/mol. The van der Waals surface area contributed by atoms with E-state index in [1.54, 1.807) is 0 Å². The third-order valence-electron chi connectivity index (χ3n) is 5.99. The van der Waals surface area contributed by atoms with Crippen LogP contribution < -0.4 is 29.6 Å². The average molecular weight is 457 g/mol. The molecule has 0 aliphatic rings. The first-order valence-electron chi connectivity index (χ1n) is 12.5. The Kier molecular flexibility index (Phi) is 25.4. The van der Waals surface area contributed by atoms with Gasteiger partial charge >= 0.3 is 29.6 Å². The Balaban J connectivity index is 0. The molecule has 4 nitrogen and oxygen atoms in total. The second kappa shape index (κ2) is 23.0. The smallest absolute Gasteiger partial charge is 0.748 e. The molecule has 0 aliphatic carbocycles. The zero-order valence-electron chi connectivity index (χ0n) is 20.4. The zero-order valence-corrected chi connectivity index (χ0v) is 23.2. The maximum Gasteiger partial charge on any atom is 1.00 e. The van der Waals surface area contributed by atoms with Crippen molar-refractivity contribution < 1.29 is 47.6 Å². The minimum absolute atomic E-state index is 0. The summed E-state index contributed by atoms with van der Waals surface area (Å²) in [6.07, 6.45) is 20.6. The van der Waals surface area contributed by atoms with E-state index in [0.29, 0.717) is 12.8 Å². The van der Waals surface area contributed by atoms with Crippen molar-refractivity contribution in [3.63, 3.8) is 0 Å². The topological polar surface area (TPSA) is 77.4 Å². The molecule has 0 rings (SSSR count). The van der Waals surface area contributed by atoms with Gasteiger partial charge in [-0.05, 0) is 25.7 Å². The summed E-state index contributed by atoms with van der Waals surface area (Å²) < 4.78 is 34.5. The van der Waals surface area contributed by atoms with E-state index >= 15 is 0 Å². The number of hydrogen-bond donors (Lipinski definition) is 1. The van der Waals surface area contributed by atoms with Gasteiger partial charge in [-0.3, -0.25) is 0 Å². The van der Waals surface area contributed by atoms with Crippen LogP contribution in [0.4, 0.5) is 0 Å². The Hall–Kier alpha value is 0.870. The van der Waals surface area contributed by atoms with Crippen LogP contribution in [-0.2, 0) is 10.1 Å². The van der Waals surface area contributed by atoms with E-state index in [-0.39, 0.29) is 35.7 Å². The molecule has 0 aliphatic heterocycles. The van der Waals surface area contributed by atoms with Gasteiger partial charge in [0.15, 0.2) is 0 Å². The standard InChI is InChI=1S/C24H50O4S.Na/c1-3-5-7-9-13-17-21-24(29(26,27)28)22-18-14-11-10-12-16-20-23(25)19-15-8-6-4-2;/h23-25H,3-22H2,1-2H3,(H,26,27,28);/q;+1/p-1. The molecule has 30 heavy (non-hydrogen) atoms. The first kappa shape index (κ1) is 33.0. The van der Waals surface area contributed by atoms with Gasteiger partial charge in [0.2, 0.25) is 0 Å². The third kappa shape index (κ3) is 22.1. The molecule has 0 saturated heterocycles. The van der Waals surface area contributed by atoms with E-state index < -0.39 is 15.4 Å². The Morgan fingerprint density at radius 2 is 0.900 bits per heavy atom. The third-order valence-corrected chi connectivity index (χ3v) is 7.28. The summed E-state index contributed by atoms with van der Waals surface area (Å²) in [5, 5.41) is 9.29. The molecule has 0 saturated carbocycles. The van der Waals surface area contributed by atoms with Crippen LogP contribution in [0.15, 0.2) is 0 Å². The SMILES string of the molecule is CCCCCCCCC(CCCCCCCCC(O)CCCCCC)S(=O)(=O)[O-].[Na+]. The van der Waals surface area contributed by atoms with Crippen LogP contribution in [0.25, 0.3) is 0 Å². The van der Waals surface area contributed by atoms with Crippen LogP contribution in [0.5, 0.6) is 0 Å². The zero-order chi connectivity index (χ0) is 21.8. The summed E-state index contributed by atoms with van der Waals surface area (Å²) in [6.45, 7) is 4.38. The molecule has 0 fully saturated rings. The number of hydrogen-bond acceptors (Lipinski definition) is 4. The molecule has 0 aromatic rings. The van der Waals surface area contributed by atoms with Crippen LogP contribution in [0.3, 0.4) is 0 Å². The fraction of sp³-hybridized carbons (Fsp3) is 1.00. The molecule has 0 spiro atoms. The Morgan fingerprint density at radius 1 is 0.600 bits per heavy atom. The summed E-state index contributed by atoms with van der Waals surface area (Å²) in [6, 6.07) is 0. The minimum atomic E-state index is -4.16. The van der Waals surface area contributed by atoms with Crippen molar-refractivity contribution in [2.75, 3.05) is 0 Å². The van der Waals surface area contributed by atoms with Gasteiger partial charge in [0, 0.05) is 5.25 Å². The number of rotatable bonds is 22. The van der Waals surface area contributed by atoms with Crippen LogP contribution >= 0.6 is 0 Å². The predicted octanol–water partition coefficient (Wildman–Crippen LogP) is 4.11. The fourth-order valence-electron chi connectivity index (χ4n) is 4.00. The maximum absolute atomic E-state index is 11.5. The molecule has 0 aromatic heterocycles. The van der Waals surface area contributed by atoms with E-state index in [1.807, 2.05) is 0 Å². The van der Waals surface area contributed by atoms with Crippen molar-refractivity contribution in [3.05, 3.63) is 0 Å². The molecule has 1 N–H and O–H groups in total. The summed E-state index contributed by atoms with van der Waals surface area (Å²) >= 11 is 0. The van der Waals surface area contributed by atoms with Gasteiger partial charge in [-0.25, -0.2) is 8.42 Å². The maximum atomic E-state index is 11.5. The molecule has 2 atom stereocenters. The second-order valence-electron chi connectivity index (χ2n) is 8.87. The summed E-state index contributed by atoms with van der Waals surface area (Å²) in [5.41, 5.74) is 0. The molecule has 0 bridgehead atoms. The molecule has 2 unspecified atom stereocenters. The van der Waals surface area contributed by atoms with E-state index in [4.69, 9.17) is 0 Å². The second-order valence-corrected chi connectivity index (χ2v) is 10.5. The Morgan fingerprint density at radius 3 is 1.27 bits per heavy atom. The molecule has 0 heterocycles. The number of aliphatic hydroxyl groups is 1. The predicted molar refractivity (Wildman–Crippen MR) is 123 cm³/mol. The van der Waals surface area contributed by atoms with Crippen molar-refractivity contribution in [3.8, 4) is 0 Å². The summed E-state index contributed by atoms with van der Waals surface area (Å²) in [5.74, 6) is 0. The molecule has 0 amide bonds. The van der Waals surface area contributed by atoms with E-state index in [1.165, 1.54) is 38.5 Å². The number of aliphatic hydroxyl groups excluding tert-OH is 1. The van der Waals surface area contributed by atoms with Gasteiger partial charge in [0.05, 0.1) is 16.2 Å². The number of unbranched alkanes of at least 4 members (excludes halogenated alkanes) is 13. The average Bonchev–Trinajstić information content (AvgIpc) is 2.67. The molecule has 0 radical (unpaired) electrons. The van der Waals surface area contributed by atoms with Crippen molar-refractivity contribution >= 4 is 10.1 Å². The summed E-state index contributed by atoms with van der Waals surface area (Å²) in [4.78, 5) is 0. The van der Waals surface area contributed by atoms with E-state index in [0.717, 1.165) is 77.0 Å². The van der Waals surface area contributed by atoms with Gasteiger partial charge in [-0.2, -0.15) is 0 Å².